The fraction of sp³-hybridized carbons (Fsp3) is 0.750. The van der Waals surface area contributed by atoms with Gasteiger partial charge >= 0.3 is 5.97 Å². The van der Waals surface area contributed by atoms with Gasteiger partial charge in [-0.3, -0.25) is 9.59 Å². The highest BCUT2D eigenvalue weighted by Crippen LogP contribution is 2.52. The number of ether oxygens (including phenoxy) is 1. The summed E-state index contributed by atoms with van der Waals surface area (Å²) < 4.78 is 5.79. The Bertz CT molecular complexity index is 742. The van der Waals surface area contributed by atoms with Gasteiger partial charge in [0.15, 0.2) is 0 Å². The summed E-state index contributed by atoms with van der Waals surface area (Å²) in [6.07, 6.45) is 0.806. The van der Waals surface area contributed by atoms with Gasteiger partial charge in [0.2, 0.25) is 11.8 Å². The van der Waals surface area contributed by atoms with Gasteiger partial charge in [-0.25, -0.2) is 4.79 Å². The minimum absolute atomic E-state index is 0.0243. The summed E-state index contributed by atoms with van der Waals surface area (Å²) in [5.74, 6) is -2.02. The number of hydrogen-bond acceptors (Lipinski definition) is 7. The van der Waals surface area contributed by atoms with E-state index in [1.165, 1.54) is 16.7 Å². The summed E-state index contributed by atoms with van der Waals surface area (Å²) in [4.78, 5) is 38.6. The van der Waals surface area contributed by atoms with Crippen molar-refractivity contribution in [3.8, 4) is 0 Å². The average molecular weight is 442 g/mol. The molecule has 3 aliphatic rings. The quantitative estimate of drug-likeness (QED) is 0.370. The molecule has 2 saturated heterocycles. The van der Waals surface area contributed by atoms with E-state index in [4.69, 9.17) is 10.5 Å². The number of thioether (sulfide) groups is 1. The molecule has 0 aromatic heterocycles. The highest BCUT2D eigenvalue weighted by molar-refractivity contribution is 8.03. The van der Waals surface area contributed by atoms with Gasteiger partial charge in [-0.2, -0.15) is 0 Å². The van der Waals surface area contributed by atoms with E-state index in [9.17, 15) is 24.6 Å². The number of carboxylic acid groups (broad SMARTS) is 1. The van der Waals surface area contributed by atoms with Crippen molar-refractivity contribution in [1.29, 1.82) is 0 Å². The minimum Gasteiger partial charge on any atom is -0.477 e. The molecule has 3 rings (SSSR count). The number of nitrogens with one attached hydrogen (secondary N) is 1. The molecule has 3 heterocycles. The molecule has 0 aromatic carbocycles. The van der Waals surface area contributed by atoms with Gasteiger partial charge in [-0.05, 0) is 18.8 Å². The van der Waals surface area contributed by atoms with E-state index < -0.39 is 12.0 Å². The van der Waals surface area contributed by atoms with Crippen LogP contribution in [-0.4, -0.2) is 76.1 Å². The van der Waals surface area contributed by atoms with Crippen LogP contribution in [0.5, 0.6) is 0 Å². The zero-order chi connectivity index (χ0) is 22.2. The molecule has 9 nitrogen and oxygen atoms in total. The Kier molecular flexibility index (Phi) is 7.11. The number of carboxylic acids is 1. The summed E-state index contributed by atoms with van der Waals surface area (Å²) in [5.41, 5.74) is 5.93. The van der Waals surface area contributed by atoms with Gasteiger partial charge in [0.25, 0.3) is 0 Å². The van der Waals surface area contributed by atoms with Crippen molar-refractivity contribution >= 4 is 29.5 Å². The number of carbonyl (C=O) groups is 3. The summed E-state index contributed by atoms with van der Waals surface area (Å²) in [7, 11) is 0. The van der Waals surface area contributed by atoms with E-state index in [2.05, 4.69) is 5.32 Å². The van der Waals surface area contributed by atoms with Crippen molar-refractivity contribution in [2.24, 2.45) is 23.5 Å². The number of β-lactam (4-membered cyclic amide) rings is 1. The molecular formula is C20H31N3O6S. The third kappa shape index (κ3) is 4.10. The Morgan fingerprint density at radius 2 is 2.10 bits per heavy atom. The summed E-state index contributed by atoms with van der Waals surface area (Å²) in [6.45, 7) is 6.42. The Labute approximate surface area is 180 Å². The van der Waals surface area contributed by atoms with Crippen LogP contribution in [0.1, 0.15) is 33.6 Å². The number of carbonyl (C=O) groups excluding carboxylic acids is 2. The molecule has 10 heteroatoms. The molecule has 0 aromatic rings. The van der Waals surface area contributed by atoms with Crippen molar-refractivity contribution < 1.29 is 29.3 Å². The standard InChI is InChI=1S/C20H31N3O6S/c1-9(2)14(21)18(25)22-8-12-13(5-7-29-12)30-17-10(3)15-11(4-6-24)19(26)23(15)16(17)20(27)28/h9-15,24H,4-8,21H2,1-3H3,(H,22,25)(H,27,28)/t10-,11+,12+,13-,14+,15-/m1/s1. The first-order valence-electron chi connectivity index (χ1n) is 10.4. The third-order valence-corrected chi connectivity index (χ3v) is 7.89. The van der Waals surface area contributed by atoms with Crippen LogP contribution >= 0.6 is 11.8 Å². The first-order valence-corrected chi connectivity index (χ1v) is 11.3. The normalized spacial score (nSPS) is 31.7. The van der Waals surface area contributed by atoms with Crippen LogP contribution in [0.4, 0.5) is 0 Å². The molecule has 0 bridgehead atoms. The number of rotatable bonds is 9. The predicted molar refractivity (Wildman–Crippen MR) is 111 cm³/mol. The minimum atomic E-state index is -1.12. The van der Waals surface area contributed by atoms with E-state index in [1.54, 1.807) is 0 Å². The number of aliphatic carboxylic acids is 1. The predicted octanol–water partition coefficient (Wildman–Crippen LogP) is 0.132. The molecule has 2 amide bonds. The van der Waals surface area contributed by atoms with Crippen molar-refractivity contribution in [1.82, 2.24) is 10.2 Å². The van der Waals surface area contributed by atoms with E-state index in [0.717, 1.165) is 6.42 Å². The van der Waals surface area contributed by atoms with Gasteiger partial charge in [0.05, 0.1) is 24.1 Å². The SMILES string of the molecule is CC(C)[C@H](N)C(=O)NC[C@@H]1OCC[C@H]1SC1=C(C(=O)O)N2C(=O)[C@@H](CCO)[C@H]2[C@H]1C. The number of amides is 2. The van der Waals surface area contributed by atoms with Crippen LogP contribution in [0.3, 0.4) is 0 Å². The number of nitrogens with zero attached hydrogens (tertiary/aromatic N) is 1. The summed E-state index contributed by atoms with van der Waals surface area (Å²) in [5, 5.41) is 21.8. The maximum Gasteiger partial charge on any atom is 0.353 e. The molecule has 0 radical (unpaired) electrons. The van der Waals surface area contributed by atoms with Gasteiger partial charge in [-0.15, -0.1) is 11.8 Å². The van der Waals surface area contributed by atoms with E-state index in [0.29, 0.717) is 24.5 Å². The molecule has 30 heavy (non-hydrogen) atoms. The zero-order valence-electron chi connectivity index (χ0n) is 17.5. The first-order chi connectivity index (χ1) is 14.2. The summed E-state index contributed by atoms with van der Waals surface area (Å²) >= 11 is 1.44. The number of fused-ring (bicyclic) bond motifs is 1. The van der Waals surface area contributed by atoms with Crippen molar-refractivity contribution in [3.63, 3.8) is 0 Å². The maximum absolute atomic E-state index is 12.5. The smallest absolute Gasteiger partial charge is 0.353 e. The molecule has 0 spiro atoms. The monoisotopic (exact) mass is 441 g/mol. The van der Waals surface area contributed by atoms with Crippen LogP contribution < -0.4 is 11.1 Å². The Morgan fingerprint density at radius 1 is 1.40 bits per heavy atom. The fourth-order valence-corrected chi connectivity index (χ4v) is 5.95. The highest BCUT2D eigenvalue weighted by Gasteiger charge is 2.58. The zero-order valence-corrected chi connectivity index (χ0v) is 18.4. The van der Waals surface area contributed by atoms with Crippen LogP contribution in [0, 0.1) is 17.8 Å². The Morgan fingerprint density at radius 3 is 2.70 bits per heavy atom. The van der Waals surface area contributed by atoms with Crippen molar-refractivity contribution in [2.75, 3.05) is 19.8 Å². The number of hydrogen-bond donors (Lipinski definition) is 4. The van der Waals surface area contributed by atoms with Crippen molar-refractivity contribution in [3.05, 3.63) is 10.6 Å². The van der Waals surface area contributed by atoms with Gasteiger partial charge in [-0.1, -0.05) is 20.8 Å². The van der Waals surface area contributed by atoms with Gasteiger partial charge < -0.3 is 30.9 Å². The third-order valence-electron chi connectivity index (χ3n) is 6.23. The number of aliphatic hydroxyl groups excluding tert-OH is 1. The van der Waals surface area contributed by atoms with Crippen LogP contribution in [0.15, 0.2) is 10.6 Å². The summed E-state index contributed by atoms with van der Waals surface area (Å²) in [6, 6.07) is -0.811. The molecule has 0 aliphatic carbocycles. The first kappa shape index (κ1) is 23.1. The second-order valence-corrected chi connectivity index (χ2v) is 9.77. The second kappa shape index (κ2) is 9.25. The molecule has 168 valence electrons. The Hall–Kier alpha value is -1.62. The highest BCUT2D eigenvalue weighted by atomic mass is 32.2. The van der Waals surface area contributed by atoms with Crippen LogP contribution in [0.2, 0.25) is 0 Å². The molecule has 0 saturated carbocycles. The lowest BCUT2D eigenvalue weighted by Gasteiger charge is -2.45. The molecule has 3 aliphatic heterocycles. The lowest BCUT2D eigenvalue weighted by Crippen LogP contribution is -2.60. The van der Waals surface area contributed by atoms with E-state index in [1.807, 2.05) is 20.8 Å². The van der Waals surface area contributed by atoms with E-state index in [-0.39, 0.29) is 59.3 Å². The fourth-order valence-electron chi connectivity index (χ4n) is 4.43. The molecule has 0 unspecified atom stereocenters. The number of aliphatic hydroxyl groups is 1. The maximum atomic E-state index is 12.5. The van der Waals surface area contributed by atoms with Crippen LogP contribution in [0.25, 0.3) is 0 Å². The lowest BCUT2D eigenvalue weighted by atomic mass is 9.80. The Balaban J connectivity index is 1.70. The largest absolute Gasteiger partial charge is 0.477 e. The molecule has 5 N–H and O–H groups in total. The molecule has 6 atom stereocenters. The number of nitrogens with two attached hydrogens (primary N) is 1. The molecule has 2 fully saturated rings. The average Bonchev–Trinajstić information content (AvgIpc) is 3.24. The van der Waals surface area contributed by atoms with Crippen molar-refractivity contribution in [2.45, 2.75) is 57.1 Å². The van der Waals surface area contributed by atoms with E-state index >= 15 is 0 Å². The second-order valence-electron chi connectivity index (χ2n) is 8.49. The van der Waals surface area contributed by atoms with Gasteiger partial charge in [0.1, 0.15) is 5.70 Å². The van der Waals surface area contributed by atoms with Gasteiger partial charge in [0, 0.05) is 35.8 Å². The topological polar surface area (TPSA) is 142 Å². The van der Waals surface area contributed by atoms with Crippen LogP contribution in [-0.2, 0) is 19.1 Å². The molecular weight excluding hydrogens is 410 g/mol. The lowest BCUT2D eigenvalue weighted by molar-refractivity contribution is -0.157.